The van der Waals surface area contributed by atoms with Gasteiger partial charge >= 0.3 is 6.03 Å². The molecular weight excluding hydrogens is 324 g/mol. The highest BCUT2D eigenvalue weighted by Crippen LogP contribution is 2.28. The van der Waals surface area contributed by atoms with Gasteiger partial charge in [-0.2, -0.15) is 5.10 Å². The molecule has 1 aromatic carbocycles. The lowest BCUT2D eigenvalue weighted by Gasteiger charge is -2.13. The first-order valence-corrected chi connectivity index (χ1v) is 8.45. The number of aromatic amines is 1. The van der Waals surface area contributed by atoms with E-state index in [0.717, 1.165) is 16.3 Å². The van der Waals surface area contributed by atoms with Gasteiger partial charge in [0.15, 0.2) is 11.0 Å². The fourth-order valence-electron chi connectivity index (χ4n) is 2.22. The molecule has 0 bridgehead atoms. The molecule has 0 spiro atoms. The van der Waals surface area contributed by atoms with Gasteiger partial charge < -0.3 is 5.32 Å². The van der Waals surface area contributed by atoms with Crippen LogP contribution in [0.5, 0.6) is 0 Å². The molecule has 0 radical (unpaired) electrons. The Hall–Kier alpha value is -2.74. The van der Waals surface area contributed by atoms with Crippen molar-refractivity contribution in [2.75, 3.05) is 5.32 Å². The molecule has 7 nitrogen and oxygen atoms in total. The lowest BCUT2D eigenvalue weighted by Crippen LogP contribution is -2.32. The second-order valence-electron chi connectivity index (χ2n) is 5.23. The van der Waals surface area contributed by atoms with Crippen molar-refractivity contribution < 1.29 is 4.79 Å². The quantitative estimate of drug-likeness (QED) is 0.661. The highest BCUT2D eigenvalue weighted by molar-refractivity contribution is 7.19. The normalized spacial score (nSPS) is 11.9. The van der Waals surface area contributed by atoms with Crippen molar-refractivity contribution in [3.63, 3.8) is 0 Å². The summed E-state index contributed by atoms with van der Waals surface area (Å²) in [6, 6.07) is 9.36. The first-order chi connectivity index (χ1) is 11.7. The van der Waals surface area contributed by atoms with Crippen molar-refractivity contribution in [1.82, 2.24) is 25.5 Å². The minimum Gasteiger partial charge on any atom is -0.328 e. The molecule has 24 heavy (non-hydrogen) atoms. The Morgan fingerprint density at radius 3 is 2.79 bits per heavy atom. The molecule has 2 amide bonds. The highest BCUT2D eigenvalue weighted by atomic mass is 32.1. The summed E-state index contributed by atoms with van der Waals surface area (Å²) in [6.45, 7) is 3.79. The van der Waals surface area contributed by atoms with Crippen molar-refractivity contribution in [1.29, 1.82) is 0 Å². The van der Waals surface area contributed by atoms with E-state index in [9.17, 15) is 4.79 Å². The summed E-state index contributed by atoms with van der Waals surface area (Å²) in [5.41, 5.74) is 1.08. The lowest BCUT2D eigenvalue weighted by atomic mass is 10.2. The number of nitrogens with one attached hydrogen (secondary N) is 3. The molecule has 3 N–H and O–H groups in total. The second-order valence-corrected chi connectivity index (χ2v) is 6.26. The predicted octanol–water partition coefficient (Wildman–Crippen LogP) is 3.51. The number of rotatable bonds is 5. The Morgan fingerprint density at radius 1 is 1.33 bits per heavy atom. The summed E-state index contributed by atoms with van der Waals surface area (Å²) in [7, 11) is 0. The van der Waals surface area contributed by atoms with Crippen LogP contribution in [0.3, 0.4) is 0 Å². The van der Waals surface area contributed by atoms with Crippen molar-refractivity contribution >= 4 is 22.5 Å². The van der Waals surface area contributed by atoms with Gasteiger partial charge in [-0.3, -0.25) is 10.4 Å². The number of carbonyl (C=O) groups is 1. The summed E-state index contributed by atoms with van der Waals surface area (Å²) in [5.74, 6) is 1.30. The Bertz CT molecular complexity index is 813. The van der Waals surface area contributed by atoms with Gasteiger partial charge in [-0.05, 0) is 18.9 Å². The molecule has 0 saturated heterocycles. The number of carbonyl (C=O) groups excluding carboxylic acids is 1. The van der Waals surface area contributed by atoms with Crippen molar-refractivity contribution in [3.8, 4) is 10.4 Å². The van der Waals surface area contributed by atoms with E-state index in [4.69, 9.17) is 0 Å². The molecular formula is C16H18N6OS. The van der Waals surface area contributed by atoms with Crippen LogP contribution in [0, 0.1) is 6.92 Å². The molecule has 0 saturated carbocycles. The predicted molar refractivity (Wildman–Crippen MR) is 93.9 cm³/mol. The number of hydrogen-bond donors (Lipinski definition) is 3. The molecule has 0 unspecified atom stereocenters. The van der Waals surface area contributed by atoms with Crippen LogP contribution >= 0.6 is 11.3 Å². The number of amides is 2. The molecule has 3 aromatic rings. The third-order valence-electron chi connectivity index (χ3n) is 3.42. The third-order valence-corrected chi connectivity index (χ3v) is 4.39. The van der Waals surface area contributed by atoms with E-state index in [1.54, 1.807) is 6.20 Å². The van der Waals surface area contributed by atoms with E-state index >= 15 is 0 Å². The lowest BCUT2D eigenvalue weighted by molar-refractivity contribution is 0.247. The highest BCUT2D eigenvalue weighted by Gasteiger charge is 2.17. The molecule has 0 aliphatic heterocycles. The molecule has 124 valence electrons. The van der Waals surface area contributed by atoms with E-state index in [0.29, 0.717) is 17.4 Å². The van der Waals surface area contributed by atoms with E-state index in [-0.39, 0.29) is 12.1 Å². The number of nitrogens with zero attached hydrogens (tertiary/aromatic N) is 3. The van der Waals surface area contributed by atoms with Crippen LogP contribution in [-0.4, -0.2) is 26.2 Å². The number of hydrogen-bond acceptors (Lipinski definition) is 5. The van der Waals surface area contributed by atoms with Gasteiger partial charge in [-0.25, -0.2) is 14.8 Å². The van der Waals surface area contributed by atoms with E-state index in [1.807, 2.05) is 44.2 Å². The van der Waals surface area contributed by atoms with Crippen LogP contribution in [0.15, 0.2) is 36.5 Å². The molecule has 2 aromatic heterocycles. The minimum atomic E-state index is -0.321. The number of thiazole rings is 1. The Labute approximate surface area is 143 Å². The second kappa shape index (κ2) is 7.22. The van der Waals surface area contributed by atoms with Gasteiger partial charge in [0, 0.05) is 6.20 Å². The SMILES string of the molecule is CC[C@@H](NC(=O)Nc1ncc(-c2ccccc2)s1)c1n[nH]c(C)n1. The monoisotopic (exact) mass is 342 g/mol. The molecule has 3 rings (SSSR count). The number of benzene rings is 1. The zero-order chi connectivity index (χ0) is 16.9. The molecule has 0 fully saturated rings. The van der Waals surface area contributed by atoms with Gasteiger partial charge in [-0.15, -0.1) is 0 Å². The zero-order valence-electron chi connectivity index (χ0n) is 13.4. The maximum absolute atomic E-state index is 12.2. The summed E-state index contributed by atoms with van der Waals surface area (Å²) < 4.78 is 0. The number of anilines is 1. The average Bonchev–Trinajstić information content (AvgIpc) is 3.22. The van der Waals surface area contributed by atoms with Crippen LogP contribution in [-0.2, 0) is 0 Å². The van der Waals surface area contributed by atoms with E-state index in [1.165, 1.54) is 11.3 Å². The van der Waals surface area contributed by atoms with Crippen LogP contribution < -0.4 is 10.6 Å². The van der Waals surface area contributed by atoms with E-state index in [2.05, 4.69) is 30.8 Å². The van der Waals surface area contributed by atoms with Gasteiger partial charge in [0.25, 0.3) is 0 Å². The van der Waals surface area contributed by atoms with Gasteiger partial charge in [-0.1, -0.05) is 48.6 Å². The topological polar surface area (TPSA) is 95.6 Å². The fourth-order valence-corrected chi connectivity index (χ4v) is 3.04. The fraction of sp³-hybridized carbons (Fsp3) is 0.250. The molecule has 8 heteroatoms. The Balaban J connectivity index is 1.63. The third kappa shape index (κ3) is 3.77. The largest absolute Gasteiger partial charge is 0.328 e. The maximum Gasteiger partial charge on any atom is 0.321 e. The average molecular weight is 342 g/mol. The molecule has 0 aliphatic rings. The molecule has 0 aliphatic carbocycles. The van der Waals surface area contributed by atoms with Gasteiger partial charge in [0.05, 0.1) is 10.9 Å². The number of aryl methyl sites for hydroxylation is 1. The van der Waals surface area contributed by atoms with E-state index < -0.39 is 0 Å². The summed E-state index contributed by atoms with van der Waals surface area (Å²) >= 11 is 1.43. The van der Waals surface area contributed by atoms with Crippen LogP contribution in [0.4, 0.5) is 9.93 Å². The summed E-state index contributed by atoms with van der Waals surface area (Å²) in [5, 5.41) is 13.1. The molecule has 2 heterocycles. The van der Waals surface area contributed by atoms with Crippen LogP contribution in [0.25, 0.3) is 10.4 Å². The zero-order valence-corrected chi connectivity index (χ0v) is 14.2. The van der Waals surface area contributed by atoms with Gasteiger partial charge in [0.1, 0.15) is 5.82 Å². The maximum atomic E-state index is 12.2. The first-order valence-electron chi connectivity index (χ1n) is 7.63. The van der Waals surface area contributed by atoms with Crippen LogP contribution in [0.1, 0.15) is 31.0 Å². The Kier molecular flexibility index (Phi) is 4.85. The number of aromatic nitrogens is 4. The van der Waals surface area contributed by atoms with Crippen molar-refractivity contribution in [3.05, 3.63) is 48.2 Å². The minimum absolute atomic E-state index is 0.247. The van der Waals surface area contributed by atoms with Crippen molar-refractivity contribution in [2.45, 2.75) is 26.3 Å². The first kappa shape index (κ1) is 16.1. The summed E-state index contributed by atoms with van der Waals surface area (Å²) in [6.07, 6.45) is 2.45. The van der Waals surface area contributed by atoms with Gasteiger partial charge in [0.2, 0.25) is 0 Å². The number of H-pyrrole nitrogens is 1. The Morgan fingerprint density at radius 2 is 2.12 bits per heavy atom. The summed E-state index contributed by atoms with van der Waals surface area (Å²) in [4.78, 5) is 21.7. The smallest absolute Gasteiger partial charge is 0.321 e. The van der Waals surface area contributed by atoms with Crippen molar-refractivity contribution in [2.24, 2.45) is 0 Å². The standard InChI is InChI=1S/C16H18N6OS/c1-3-12(14-18-10(2)21-22-14)19-15(23)20-16-17-9-13(24-16)11-7-5-4-6-8-11/h4-9,12H,3H2,1-2H3,(H,18,21,22)(H2,17,19,20,23)/t12-/m1/s1. The van der Waals surface area contributed by atoms with Crippen LogP contribution in [0.2, 0.25) is 0 Å². The number of urea groups is 1. The molecule has 1 atom stereocenters.